The van der Waals surface area contributed by atoms with E-state index in [2.05, 4.69) is 92.1 Å². The molecule has 2 aromatic carbocycles. The van der Waals surface area contributed by atoms with Gasteiger partial charge in [0, 0.05) is 46.4 Å². The topological polar surface area (TPSA) is 62.2 Å². The fourth-order valence-corrected chi connectivity index (χ4v) is 6.04. The van der Waals surface area contributed by atoms with Crippen molar-refractivity contribution in [3.8, 4) is 5.69 Å². The van der Waals surface area contributed by atoms with E-state index in [0.29, 0.717) is 18.1 Å². The maximum Gasteiger partial charge on any atom is 0.226 e. The third-order valence-corrected chi connectivity index (χ3v) is 8.20. The van der Waals surface area contributed by atoms with Gasteiger partial charge in [-0.25, -0.2) is 0 Å². The lowest BCUT2D eigenvalue weighted by Crippen LogP contribution is -2.33. The molecule has 1 amide bonds. The van der Waals surface area contributed by atoms with E-state index >= 15 is 0 Å². The minimum Gasteiger partial charge on any atom is -0.352 e. The van der Waals surface area contributed by atoms with Gasteiger partial charge in [0.2, 0.25) is 5.91 Å². The molecule has 1 aliphatic rings. The first-order valence-electron chi connectivity index (χ1n) is 13.2. The van der Waals surface area contributed by atoms with Gasteiger partial charge in [-0.15, -0.1) is 0 Å². The first-order valence-corrected chi connectivity index (χ1v) is 14.4. The van der Waals surface area contributed by atoms with Crippen LogP contribution in [0.4, 0.5) is 5.69 Å². The van der Waals surface area contributed by atoms with Crippen molar-refractivity contribution >= 4 is 44.9 Å². The van der Waals surface area contributed by atoms with E-state index in [1.54, 1.807) is 0 Å². The number of aryl methyl sites for hydroxylation is 2. The number of thiocarbonyl (C=S) groups is 1. The normalized spacial score (nSPS) is 16.8. The number of nitrogens with zero attached hydrogens (tertiary/aromatic N) is 3. The van der Waals surface area contributed by atoms with Gasteiger partial charge in [0.25, 0.3) is 0 Å². The highest BCUT2D eigenvalue weighted by molar-refractivity contribution is 9.10. The van der Waals surface area contributed by atoms with Crippen molar-refractivity contribution < 1.29 is 4.79 Å². The Bertz CT molecular complexity index is 1480. The van der Waals surface area contributed by atoms with Gasteiger partial charge in [-0.3, -0.25) is 9.78 Å². The largest absolute Gasteiger partial charge is 0.352 e. The summed E-state index contributed by atoms with van der Waals surface area (Å²) in [5, 5.41) is 7.24. The lowest BCUT2D eigenvalue weighted by Gasteiger charge is -2.28. The van der Waals surface area contributed by atoms with E-state index in [-0.39, 0.29) is 18.0 Å². The Kier molecular flexibility index (Phi) is 8.14. The highest BCUT2D eigenvalue weighted by Crippen LogP contribution is 2.41. The highest BCUT2D eigenvalue weighted by Gasteiger charge is 2.41. The zero-order valence-electron chi connectivity index (χ0n) is 22.3. The molecule has 4 aromatic rings. The van der Waals surface area contributed by atoms with Crippen molar-refractivity contribution in [2.24, 2.45) is 0 Å². The van der Waals surface area contributed by atoms with Crippen molar-refractivity contribution in [3.63, 3.8) is 0 Å². The van der Waals surface area contributed by atoms with Gasteiger partial charge < -0.3 is 20.1 Å². The Labute approximate surface area is 243 Å². The molecule has 8 heteroatoms. The molecule has 2 aromatic heterocycles. The number of hydrogen-bond donors (Lipinski definition) is 2. The number of halogens is 1. The molecular formula is C31H32BrN5OS. The van der Waals surface area contributed by atoms with Gasteiger partial charge in [0.1, 0.15) is 0 Å². The van der Waals surface area contributed by atoms with Crippen molar-refractivity contribution in [2.75, 3.05) is 11.9 Å². The molecule has 1 saturated heterocycles. The summed E-state index contributed by atoms with van der Waals surface area (Å²) in [7, 11) is 0. The minimum absolute atomic E-state index is 0.0286. The van der Waals surface area contributed by atoms with Gasteiger partial charge in [0.05, 0.1) is 17.8 Å². The Morgan fingerprint density at radius 2 is 1.82 bits per heavy atom. The Balaban J connectivity index is 1.46. The second kappa shape index (κ2) is 11.7. The molecular weight excluding hydrogens is 570 g/mol. The molecule has 5 rings (SSSR count). The Morgan fingerprint density at radius 1 is 1.08 bits per heavy atom. The standard InChI is InChI=1S/C31H32BrN5OS/c1-4-22-9-5-6-10-26(22)34-28(38)16-18-36-30(29(35-31(36)39)27-11-7-8-17-33-27)25-19-20(2)37(21(25)3)24-14-12-23(32)13-15-24/h5-15,17,19,29-30H,4,16,18H2,1-3H3,(H,34,38)(H,35,39)/t29-,30-/m0/s1. The number of para-hydroxylation sites is 1. The van der Waals surface area contributed by atoms with Crippen LogP contribution in [0, 0.1) is 13.8 Å². The predicted octanol–water partition coefficient (Wildman–Crippen LogP) is 6.82. The zero-order valence-corrected chi connectivity index (χ0v) is 24.7. The number of amides is 1. The summed E-state index contributed by atoms with van der Waals surface area (Å²) in [5.74, 6) is -0.0286. The molecule has 0 radical (unpaired) electrons. The average Bonchev–Trinajstić information content (AvgIpc) is 3.43. The summed E-state index contributed by atoms with van der Waals surface area (Å²) in [4.78, 5) is 19.9. The molecule has 3 heterocycles. The number of carbonyl (C=O) groups is 1. The maximum atomic E-state index is 13.1. The molecule has 39 heavy (non-hydrogen) atoms. The second-order valence-electron chi connectivity index (χ2n) is 9.77. The Morgan fingerprint density at radius 3 is 2.54 bits per heavy atom. The zero-order chi connectivity index (χ0) is 27.5. The van der Waals surface area contributed by atoms with Gasteiger partial charge in [-0.05, 0) is 92.1 Å². The van der Waals surface area contributed by atoms with Gasteiger partial charge in [-0.2, -0.15) is 0 Å². The van der Waals surface area contributed by atoms with Crippen LogP contribution in [0.15, 0.2) is 83.5 Å². The summed E-state index contributed by atoms with van der Waals surface area (Å²) in [6.45, 7) is 6.85. The SMILES string of the molecule is CCc1ccccc1NC(=O)CCN1C(=S)N[C@@H](c2ccccn2)[C@@H]1c1cc(C)n(-c2ccc(Br)cc2)c1C. The lowest BCUT2D eigenvalue weighted by atomic mass is 9.96. The lowest BCUT2D eigenvalue weighted by molar-refractivity contribution is -0.116. The molecule has 0 spiro atoms. The monoisotopic (exact) mass is 601 g/mol. The average molecular weight is 603 g/mol. The quantitative estimate of drug-likeness (QED) is 0.217. The van der Waals surface area contributed by atoms with E-state index in [1.165, 1.54) is 0 Å². The van der Waals surface area contributed by atoms with Gasteiger partial charge in [-0.1, -0.05) is 47.1 Å². The first kappa shape index (κ1) is 27.1. The predicted molar refractivity (Wildman–Crippen MR) is 164 cm³/mol. The molecule has 1 aliphatic heterocycles. The van der Waals surface area contributed by atoms with E-state index in [4.69, 9.17) is 12.2 Å². The van der Waals surface area contributed by atoms with Crippen LogP contribution in [0.5, 0.6) is 0 Å². The third kappa shape index (κ3) is 5.63. The van der Waals surface area contributed by atoms with Crippen molar-refractivity contribution in [2.45, 2.75) is 45.7 Å². The number of benzene rings is 2. The van der Waals surface area contributed by atoms with Gasteiger partial charge >= 0.3 is 0 Å². The Hall–Kier alpha value is -3.49. The second-order valence-corrected chi connectivity index (χ2v) is 11.1. The first-order chi connectivity index (χ1) is 18.9. The fourth-order valence-electron chi connectivity index (χ4n) is 5.44. The highest BCUT2D eigenvalue weighted by atomic mass is 79.9. The van der Waals surface area contributed by atoms with Crippen LogP contribution in [0.25, 0.3) is 5.69 Å². The summed E-state index contributed by atoms with van der Waals surface area (Å²) in [5.41, 5.74) is 7.45. The minimum atomic E-state index is -0.138. The van der Waals surface area contributed by atoms with E-state index in [1.807, 2.05) is 48.7 Å². The van der Waals surface area contributed by atoms with Crippen LogP contribution >= 0.6 is 28.1 Å². The molecule has 0 unspecified atom stereocenters. The number of pyridine rings is 1. The van der Waals surface area contributed by atoms with Crippen molar-refractivity contribution in [3.05, 3.63) is 112 Å². The van der Waals surface area contributed by atoms with E-state index in [0.717, 1.165) is 50.5 Å². The maximum absolute atomic E-state index is 13.1. The van der Waals surface area contributed by atoms with E-state index < -0.39 is 0 Å². The third-order valence-electron chi connectivity index (χ3n) is 7.32. The van der Waals surface area contributed by atoms with Crippen LogP contribution in [0.1, 0.15) is 53.6 Å². The smallest absolute Gasteiger partial charge is 0.226 e. The molecule has 2 atom stereocenters. The number of aromatic nitrogens is 2. The molecule has 0 saturated carbocycles. The van der Waals surface area contributed by atoms with Crippen LogP contribution in [0.2, 0.25) is 0 Å². The molecule has 2 N–H and O–H groups in total. The van der Waals surface area contributed by atoms with Crippen LogP contribution in [-0.4, -0.2) is 32.0 Å². The molecule has 200 valence electrons. The number of nitrogens with one attached hydrogen (secondary N) is 2. The van der Waals surface area contributed by atoms with Crippen LogP contribution < -0.4 is 10.6 Å². The van der Waals surface area contributed by atoms with E-state index in [9.17, 15) is 4.79 Å². The fraction of sp³-hybridized carbons (Fsp3) is 0.258. The van der Waals surface area contributed by atoms with Crippen molar-refractivity contribution in [1.29, 1.82) is 0 Å². The molecule has 1 fully saturated rings. The summed E-state index contributed by atoms with van der Waals surface area (Å²) in [6, 6.07) is 24.2. The molecule has 0 bridgehead atoms. The summed E-state index contributed by atoms with van der Waals surface area (Å²) >= 11 is 9.39. The number of anilines is 1. The van der Waals surface area contributed by atoms with Crippen LogP contribution in [0.3, 0.4) is 0 Å². The summed E-state index contributed by atoms with van der Waals surface area (Å²) < 4.78 is 3.31. The number of carbonyl (C=O) groups excluding carboxylic acids is 1. The van der Waals surface area contributed by atoms with Crippen molar-refractivity contribution in [1.82, 2.24) is 19.8 Å². The summed E-state index contributed by atoms with van der Waals surface area (Å²) in [6.07, 6.45) is 2.98. The van der Waals surface area contributed by atoms with Gasteiger partial charge in [0.15, 0.2) is 5.11 Å². The van der Waals surface area contributed by atoms with Crippen LogP contribution in [-0.2, 0) is 11.2 Å². The molecule has 6 nitrogen and oxygen atoms in total. The number of rotatable bonds is 8. The molecule has 0 aliphatic carbocycles. The number of hydrogen-bond acceptors (Lipinski definition) is 3.